The lowest BCUT2D eigenvalue weighted by molar-refractivity contribution is 0.107. The lowest BCUT2D eigenvalue weighted by Gasteiger charge is -2.43. The molecule has 0 aliphatic rings. The van der Waals surface area contributed by atoms with E-state index in [0.717, 1.165) is 17.3 Å². The molecule has 2 N–H and O–H groups in total. The van der Waals surface area contributed by atoms with Gasteiger partial charge in [-0.3, -0.25) is 0 Å². The van der Waals surface area contributed by atoms with Gasteiger partial charge in [0, 0.05) is 14.9 Å². The molecular weight excluding hydrogens is 284 g/mol. The van der Waals surface area contributed by atoms with Gasteiger partial charge in [0.1, 0.15) is 0 Å². The molecule has 1 unspecified atom stereocenters. The molecule has 0 bridgehead atoms. The van der Waals surface area contributed by atoms with Gasteiger partial charge in [0.2, 0.25) is 0 Å². The van der Waals surface area contributed by atoms with Crippen molar-refractivity contribution in [2.75, 3.05) is 14.1 Å². The van der Waals surface area contributed by atoms with Gasteiger partial charge in [-0.1, -0.05) is 13.8 Å². The average molecular weight is 305 g/mol. The minimum absolute atomic E-state index is 0.0490. The van der Waals surface area contributed by atoms with Crippen LogP contribution in [0.15, 0.2) is 15.9 Å². The van der Waals surface area contributed by atoms with Gasteiger partial charge in [0.05, 0.1) is 6.04 Å². The van der Waals surface area contributed by atoms with Crippen molar-refractivity contribution in [1.29, 1.82) is 0 Å². The van der Waals surface area contributed by atoms with Crippen LogP contribution in [0, 0.1) is 0 Å². The van der Waals surface area contributed by atoms with E-state index in [1.165, 1.54) is 4.88 Å². The molecule has 1 rings (SSSR count). The van der Waals surface area contributed by atoms with Crippen LogP contribution in [-0.4, -0.2) is 24.5 Å². The molecule has 0 radical (unpaired) electrons. The fourth-order valence-electron chi connectivity index (χ4n) is 2.37. The minimum Gasteiger partial charge on any atom is -0.322 e. The predicted octanol–water partition coefficient (Wildman–Crippen LogP) is 3.63. The zero-order valence-electron chi connectivity index (χ0n) is 10.5. The predicted molar refractivity (Wildman–Crippen MR) is 75.9 cm³/mol. The van der Waals surface area contributed by atoms with Crippen molar-refractivity contribution in [2.24, 2.45) is 5.73 Å². The normalized spacial score (nSPS) is 14.4. The Morgan fingerprint density at radius 3 is 2.31 bits per heavy atom. The highest BCUT2D eigenvalue weighted by Gasteiger charge is 2.37. The number of halogens is 1. The summed E-state index contributed by atoms with van der Waals surface area (Å²) in [4.78, 5) is 3.52. The van der Waals surface area contributed by atoms with E-state index in [1.54, 1.807) is 11.3 Å². The molecule has 0 aromatic carbocycles. The fraction of sp³-hybridized carbons (Fsp3) is 0.667. The second-order valence-corrected chi connectivity index (χ2v) is 6.12. The second kappa shape index (κ2) is 5.63. The summed E-state index contributed by atoms with van der Waals surface area (Å²) in [5.41, 5.74) is 6.53. The number of rotatable bonds is 5. The van der Waals surface area contributed by atoms with Gasteiger partial charge < -0.3 is 10.6 Å². The molecule has 0 saturated carbocycles. The third-order valence-electron chi connectivity index (χ3n) is 3.62. The Morgan fingerprint density at radius 2 is 2.00 bits per heavy atom. The molecule has 1 aromatic rings. The van der Waals surface area contributed by atoms with E-state index >= 15 is 0 Å². The molecular formula is C12H21BrN2S. The van der Waals surface area contributed by atoms with E-state index in [4.69, 9.17) is 5.73 Å². The Bertz CT molecular complexity index is 332. The molecule has 4 heteroatoms. The van der Waals surface area contributed by atoms with Crippen LogP contribution in [0.2, 0.25) is 0 Å². The van der Waals surface area contributed by atoms with E-state index in [1.807, 2.05) is 0 Å². The number of hydrogen-bond donors (Lipinski definition) is 1. The molecule has 1 heterocycles. The standard InChI is InChI=1S/C12H21BrN2S/c1-5-12(6-2,15(3)4)11(14)10-9(13)7-8-16-10/h7-8,11H,5-6,14H2,1-4H3. The SMILES string of the molecule is CCC(CC)(C(N)c1sccc1Br)N(C)C. The molecule has 92 valence electrons. The summed E-state index contributed by atoms with van der Waals surface area (Å²) >= 11 is 5.31. The van der Waals surface area contributed by atoms with E-state index in [2.05, 4.69) is 60.2 Å². The monoisotopic (exact) mass is 304 g/mol. The van der Waals surface area contributed by atoms with Crippen molar-refractivity contribution in [3.8, 4) is 0 Å². The summed E-state index contributed by atoms with van der Waals surface area (Å²) in [6, 6.07) is 2.14. The Balaban J connectivity index is 3.09. The van der Waals surface area contributed by atoms with E-state index in [-0.39, 0.29) is 11.6 Å². The van der Waals surface area contributed by atoms with Gasteiger partial charge in [-0.2, -0.15) is 0 Å². The lowest BCUT2D eigenvalue weighted by atomic mass is 9.83. The largest absolute Gasteiger partial charge is 0.322 e. The van der Waals surface area contributed by atoms with Crippen molar-refractivity contribution < 1.29 is 0 Å². The van der Waals surface area contributed by atoms with Crippen molar-refractivity contribution in [3.63, 3.8) is 0 Å². The first-order chi connectivity index (χ1) is 7.49. The number of thiophene rings is 1. The highest BCUT2D eigenvalue weighted by atomic mass is 79.9. The zero-order chi connectivity index (χ0) is 12.3. The van der Waals surface area contributed by atoms with Gasteiger partial charge in [-0.25, -0.2) is 0 Å². The van der Waals surface area contributed by atoms with Crippen LogP contribution in [0.25, 0.3) is 0 Å². The van der Waals surface area contributed by atoms with Crippen LogP contribution in [-0.2, 0) is 0 Å². The second-order valence-electron chi connectivity index (χ2n) is 4.32. The fourth-order valence-corrected chi connectivity index (χ4v) is 4.10. The molecule has 0 amide bonds. The molecule has 1 atom stereocenters. The Hall–Kier alpha value is 0.1000. The van der Waals surface area contributed by atoms with E-state index < -0.39 is 0 Å². The maximum absolute atomic E-state index is 6.48. The highest BCUT2D eigenvalue weighted by Crippen LogP contribution is 2.39. The smallest absolute Gasteiger partial charge is 0.0587 e. The topological polar surface area (TPSA) is 29.3 Å². The Morgan fingerprint density at radius 1 is 1.44 bits per heavy atom. The van der Waals surface area contributed by atoms with Gasteiger partial charge in [-0.15, -0.1) is 11.3 Å². The molecule has 1 aromatic heterocycles. The summed E-state index contributed by atoms with van der Waals surface area (Å²) in [5.74, 6) is 0. The van der Waals surface area contributed by atoms with Crippen LogP contribution < -0.4 is 5.73 Å². The Labute approximate surface area is 111 Å². The van der Waals surface area contributed by atoms with Crippen molar-refractivity contribution in [3.05, 3.63) is 20.8 Å². The van der Waals surface area contributed by atoms with Gasteiger partial charge in [-0.05, 0) is 54.3 Å². The molecule has 0 saturated heterocycles. The Kier molecular flexibility index (Phi) is 4.98. The van der Waals surface area contributed by atoms with Crippen molar-refractivity contribution in [1.82, 2.24) is 4.90 Å². The van der Waals surface area contributed by atoms with Gasteiger partial charge in [0.25, 0.3) is 0 Å². The third kappa shape index (κ3) is 2.35. The number of nitrogens with two attached hydrogens (primary N) is 1. The number of hydrogen-bond acceptors (Lipinski definition) is 3. The lowest BCUT2D eigenvalue weighted by Crippen LogP contribution is -2.51. The van der Waals surface area contributed by atoms with Crippen molar-refractivity contribution >= 4 is 27.3 Å². The van der Waals surface area contributed by atoms with E-state index in [9.17, 15) is 0 Å². The number of likely N-dealkylation sites (N-methyl/N-ethyl adjacent to an activating group) is 1. The van der Waals surface area contributed by atoms with Crippen LogP contribution in [0.5, 0.6) is 0 Å². The average Bonchev–Trinajstić information content (AvgIpc) is 2.66. The summed E-state index contributed by atoms with van der Waals surface area (Å²) in [7, 11) is 4.24. The first kappa shape index (κ1) is 14.2. The molecule has 0 aliphatic carbocycles. The molecule has 0 fully saturated rings. The van der Waals surface area contributed by atoms with Crippen molar-refractivity contribution in [2.45, 2.75) is 38.3 Å². The maximum atomic E-state index is 6.48. The van der Waals surface area contributed by atoms with Crippen LogP contribution in [0.3, 0.4) is 0 Å². The van der Waals surface area contributed by atoms with Crippen LogP contribution in [0.4, 0.5) is 0 Å². The van der Waals surface area contributed by atoms with Gasteiger partial charge in [0.15, 0.2) is 0 Å². The summed E-state index contributed by atoms with van der Waals surface area (Å²) < 4.78 is 1.14. The zero-order valence-corrected chi connectivity index (χ0v) is 12.9. The summed E-state index contributed by atoms with van der Waals surface area (Å²) in [5, 5.41) is 2.09. The van der Waals surface area contributed by atoms with E-state index in [0.29, 0.717) is 0 Å². The minimum atomic E-state index is 0.0490. The molecule has 0 aliphatic heterocycles. The number of nitrogens with zero attached hydrogens (tertiary/aromatic N) is 1. The summed E-state index contributed by atoms with van der Waals surface area (Å²) in [6.45, 7) is 4.43. The third-order valence-corrected chi connectivity index (χ3v) is 5.58. The first-order valence-electron chi connectivity index (χ1n) is 5.65. The summed E-state index contributed by atoms with van der Waals surface area (Å²) in [6.07, 6.45) is 2.12. The maximum Gasteiger partial charge on any atom is 0.0587 e. The quantitative estimate of drug-likeness (QED) is 0.900. The molecule has 0 spiro atoms. The van der Waals surface area contributed by atoms with Crippen LogP contribution in [0.1, 0.15) is 37.6 Å². The molecule has 2 nitrogen and oxygen atoms in total. The van der Waals surface area contributed by atoms with Crippen LogP contribution >= 0.6 is 27.3 Å². The molecule has 16 heavy (non-hydrogen) atoms. The highest BCUT2D eigenvalue weighted by molar-refractivity contribution is 9.10. The first-order valence-corrected chi connectivity index (χ1v) is 7.32. The van der Waals surface area contributed by atoms with Gasteiger partial charge >= 0.3 is 0 Å².